The van der Waals surface area contributed by atoms with Crippen molar-refractivity contribution in [2.75, 3.05) is 18.6 Å². The number of thioether (sulfide) groups is 1. The molecule has 3 heteroatoms. The third kappa shape index (κ3) is 5.47. The van der Waals surface area contributed by atoms with Crippen molar-refractivity contribution in [3.05, 3.63) is 35.9 Å². The van der Waals surface area contributed by atoms with Gasteiger partial charge in [0.05, 0.1) is 5.75 Å². The van der Waals surface area contributed by atoms with Gasteiger partial charge in [-0.15, -0.1) is 0 Å². The summed E-state index contributed by atoms with van der Waals surface area (Å²) < 4.78 is 0. The van der Waals surface area contributed by atoms with E-state index in [9.17, 15) is 4.79 Å². The van der Waals surface area contributed by atoms with Gasteiger partial charge in [-0.1, -0.05) is 30.3 Å². The summed E-state index contributed by atoms with van der Waals surface area (Å²) >= 11 is 1.69. The van der Waals surface area contributed by atoms with Gasteiger partial charge in [0, 0.05) is 7.05 Å². The molecule has 2 nitrogen and oxygen atoms in total. The van der Waals surface area contributed by atoms with Crippen LogP contribution in [0.3, 0.4) is 0 Å². The molecule has 0 unspecified atom stereocenters. The molecule has 0 bridgehead atoms. The van der Waals surface area contributed by atoms with Crippen LogP contribution in [0, 0.1) is 0 Å². The first kappa shape index (κ1) is 12.1. The molecule has 0 heterocycles. The van der Waals surface area contributed by atoms with Crippen LogP contribution < -0.4 is 5.32 Å². The summed E-state index contributed by atoms with van der Waals surface area (Å²) in [5, 5.41) is 2.61. The number of hydrogen-bond acceptors (Lipinski definition) is 2. The van der Waals surface area contributed by atoms with Crippen molar-refractivity contribution in [1.29, 1.82) is 0 Å². The Labute approximate surface area is 95.5 Å². The van der Waals surface area contributed by atoms with Crippen molar-refractivity contribution in [1.82, 2.24) is 5.32 Å². The van der Waals surface area contributed by atoms with E-state index in [4.69, 9.17) is 0 Å². The van der Waals surface area contributed by atoms with Crippen LogP contribution in [-0.4, -0.2) is 24.5 Å². The normalized spacial score (nSPS) is 9.93. The van der Waals surface area contributed by atoms with Crippen molar-refractivity contribution in [2.24, 2.45) is 0 Å². The molecular formula is C12H17NOS. The van der Waals surface area contributed by atoms with E-state index in [2.05, 4.69) is 29.6 Å². The third-order valence-corrected chi connectivity index (χ3v) is 3.15. The zero-order valence-corrected chi connectivity index (χ0v) is 9.85. The number of aryl methyl sites for hydroxylation is 1. The maximum atomic E-state index is 10.9. The van der Waals surface area contributed by atoms with Crippen molar-refractivity contribution in [2.45, 2.75) is 12.8 Å². The lowest BCUT2D eigenvalue weighted by atomic mass is 10.1. The number of carbonyl (C=O) groups is 1. The topological polar surface area (TPSA) is 29.1 Å². The zero-order valence-electron chi connectivity index (χ0n) is 9.03. The summed E-state index contributed by atoms with van der Waals surface area (Å²) in [6.07, 6.45) is 2.23. The van der Waals surface area contributed by atoms with Gasteiger partial charge in [0.25, 0.3) is 0 Å². The first-order valence-corrected chi connectivity index (χ1v) is 6.30. The number of benzene rings is 1. The van der Waals surface area contributed by atoms with Crippen LogP contribution in [0.15, 0.2) is 30.3 Å². The average Bonchev–Trinajstić information content (AvgIpc) is 2.29. The molecule has 0 radical (unpaired) electrons. The van der Waals surface area contributed by atoms with Gasteiger partial charge >= 0.3 is 0 Å². The van der Waals surface area contributed by atoms with E-state index in [-0.39, 0.29) is 5.91 Å². The van der Waals surface area contributed by atoms with Crippen LogP contribution in [0.25, 0.3) is 0 Å². The Bertz CT molecular complexity index is 287. The van der Waals surface area contributed by atoms with Gasteiger partial charge in [-0.05, 0) is 24.2 Å². The van der Waals surface area contributed by atoms with Crippen molar-refractivity contribution >= 4 is 17.7 Å². The molecule has 1 aromatic carbocycles. The first-order valence-electron chi connectivity index (χ1n) is 5.15. The first-order chi connectivity index (χ1) is 7.33. The van der Waals surface area contributed by atoms with Crippen LogP contribution >= 0.6 is 11.8 Å². The van der Waals surface area contributed by atoms with E-state index >= 15 is 0 Å². The van der Waals surface area contributed by atoms with Crippen molar-refractivity contribution in [3.63, 3.8) is 0 Å². The molecule has 0 spiro atoms. The summed E-state index contributed by atoms with van der Waals surface area (Å²) in [5.41, 5.74) is 1.37. The standard InChI is InChI=1S/C12H17NOS/c1-13-12(14)10-15-9-5-8-11-6-3-2-4-7-11/h2-4,6-7H,5,8-10H2,1H3,(H,13,14). The van der Waals surface area contributed by atoms with Gasteiger partial charge in [-0.3, -0.25) is 4.79 Å². The van der Waals surface area contributed by atoms with Gasteiger partial charge in [0.15, 0.2) is 0 Å². The molecule has 1 N–H and O–H groups in total. The number of nitrogens with one attached hydrogen (secondary N) is 1. The highest BCUT2D eigenvalue weighted by Crippen LogP contribution is 2.07. The van der Waals surface area contributed by atoms with Gasteiger partial charge in [0.1, 0.15) is 0 Å². The summed E-state index contributed by atoms with van der Waals surface area (Å²) in [7, 11) is 1.67. The molecular weight excluding hydrogens is 206 g/mol. The van der Waals surface area contributed by atoms with Crippen LogP contribution in [-0.2, 0) is 11.2 Å². The zero-order chi connectivity index (χ0) is 10.9. The summed E-state index contributed by atoms with van der Waals surface area (Å²) in [5.74, 6) is 1.73. The molecule has 0 atom stereocenters. The minimum absolute atomic E-state index is 0.111. The SMILES string of the molecule is CNC(=O)CSCCCc1ccccc1. The fourth-order valence-electron chi connectivity index (χ4n) is 1.26. The molecule has 0 aliphatic carbocycles. The van der Waals surface area contributed by atoms with Gasteiger partial charge in [-0.2, -0.15) is 11.8 Å². The Morgan fingerprint density at radius 2 is 2.07 bits per heavy atom. The summed E-state index contributed by atoms with van der Waals surface area (Å²) in [4.78, 5) is 10.9. The highest BCUT2D eigenvalue weighted by atomic mass is 32.2. The van der Waals surface area contributed by atoms with E-state index in [1.54, 1.807) is 18.8 Å². The average molecular weight is 223 g/mol. The second-order valence-corrected chi connectivity index (χ2v) is 4.42. The van der Waals surface area contributed by atoms with Crippen LogP contribution in [0.1, 0.15) is 12.0 Å². The highest BCUT2D eigenvalue weighted by Gasteiger charge is 1.97. The lowest BCUT2D eigenvalue weighted by Gasteiger charge is -2.01. The van der Waals surface area contributed by atoms with E-state index in [0.29, 0.717) is 5.75 Å². The predicted molar refractivity (Wildman–Crippen MR) is 66.2 cm³/mol. The van der Waals surface area contributed by atoms with E-state index in [1.165, 1.54) is 5.56 Å². The van der Waals surface area contributed by atoms with Gasteiger partial charge in [-0.25, -0.2) is 0 Å². The number of amides is 1. The fraction of sp³-hybridized carbons (Fsp3) is 0.417. The maximum absolute atomic E-state index is 10.9. The fourth-order valence-corrected chi connectivity index (χ4v) is 2.08. The maximum Gasteiger partial charge on any atom is 0.229 e. The van der Waals surface area contributed by atoms with E-state index < -0.39 is 0 Å². The molecule has 0 saturated heterocycles. The molecule has 1 aromatic rings. The van der Waals surface area contributed by atoms with Crippen LogP contribution in [0.4, 0.5) is 0 Å². The molecule has 0 aliphatic heterocycles. The lowest BCUT2D eigenvalue weighted by molar-refractivity contribution is -0.118. The largest absolute Gasteiger partial charge is 0.358 e. The van der Waals surface area contributed by atoms with Gasteiger partial charge in [0.2, 0.25) is 5.91 Å². The smallest absolute Gasteiger partial charge is 0.229 e. The Kier molecular flexibility index (Phi) is 5.93. The predicted octanol–water partition coefficient (Wildman–Crippen LogP) is 2.10. The summed E-state index contributed by atoms with van der Waals surface area (Å²) in [6, 6.07) is 10.4. The van der Waals surface area contributed by atoms with Crippen molar-refractivity contribution < 1.29 is 4.79 Å². The molecule has 82 valence electrons. The number of rotatable bonds is 6. The van der Waals surface area contributed by atoms with Crippen LogP contribution in [0.5, 0.6) is 0 Å². The third-order valence-electron chi connectivity index (χ3n) is 2.11. The van der Waals surface area contributed by atoms with Gasteiger partial charge < -0.3 is 5.32 Å². The molecule has 0 aromatic heterocycles. The molecule has 0 saturated carbocycles. The Balaban J connectivity index is 2.05. The molecule has 1 rings (SSSR count). The number of hydrogen-bond donors (Lipinski definition) is 1. The van der Waals surface area contributed by atoms with E-state index in [0.717, 1.165) is 18.6 Å². The number of carbonyl (C=O) groups excluding carboxylic acids is 1. The summed E-state index contributed by atoms with van der Waals surface area (Å²) in [6.45, 7) is 0. The Morgan fingerprint density at radius 1 is 1.33 bits per heavy atom. The minimum Gasteiger partial charge on any atom is -0.358 e. The second-order valence-electron chi connectivity index (χ2n) is 3.31. The second kappa shape index (κ2) is 7.35. The Morgan fingerprint density at radius 3 is 2.73 bits per heavy atom. The monoisotopic (exact) mass is 223 g/mol. The molecule has 1 amide bonds. The minimum atomic E-state index is 0.111. The lowest BCUT2D eigenvalue weighted by Crippen LogP contribution is -2.19. The van der Waals surface area contributed by atoms with Crippen molar-refractivity contribution in [3.8, 4) is 0 Å². The quantitative estimate of drug-likeness (QED) is 0.748. The molecule has 15 heavy (non-hydrogen) atoms. The molecule has 0 fully saturated rings. The highest BCUT2D eigenvalue weighted by molar-refractivity contribution is 7.99. The van der Waals surface area contributed by atoms with E-state index in [1.807, 2.05) is 6.07 Å². The Hall–Kier alpha value is -0.960. The van der Waals surface area contributed by atoms with Crippen LogP contribution in [0.2, 0.25) is 0 Å². The molecule has 0 aliphatic rings.